The summed E-state index contributed by atoms with van der Waals surface area (Å²) in [5.74, 6) is -2.62. The summed E-state index contributed by atoms with van der Waals surface area (Å²) in [6, 6.07) is 5.61. The summed E-state index contributed by atoms with van der Waals surface area (Å²) in [6.45, 7) is 4.30. The van der Waals surface area contributed by atoms with Gasteiger partial charge in [0, 0.05) is 24.8 Å². The van der Waals surface area contributed by atoms with Gasteiger partial charge < -0.3 is 30.6 Å². The van der Waals surface area contributed by atoms with Gasteiger partial charge in [-0.15, -0.1) is 0 Å². The Labute approximate surface area is 165 Å². The van der Waals surface area contributed by atoms with Crippen molar-refractivity contribution in [3.63, 3.8) is 0 Å². The van der Waals surface area contributed by atoms with Crippen LogP contribution in [0.25, 0.3) is 0 Å². The molecule has 1 aromatic rings. The van der Waals surface area contributed by atoms with Gasteiger partial charge in [0.2, 0.25) is 0 Å². The quantitative estimate of drug-likeness (QED) is 0.374. The molecule has 1 aromatic heterocycles. The number of aliphatic carboxylic acids is 2. The number of aliphatic hydroxyl groups is 2. The first-order chi connectivity index (χ1) is 12.8. The number of carbonyl (C=O) groups is 2. The van der Waals surface area contributed by atoms with E-state index in [0.29, 0.717) is 6.04 Å². The molecule has 10 heteroatoms. The maximum absolute atomic E-state index is 9.77. The molecule has 0 aromatic carbocycles. The van der Waals surface area contributed by atoms with Gasteiger partial charge in [-0.25, -0.2) is 14.6 Å². The Morgan fingerprint density at radius 1 is 1.30 bits per heavy atom. The lowest BCUT2D eigenvalue weighted by Crippen LogP contribution is -2.40. The van der Waals surface area contributed by atoms with Crippen molar-refractivity contribution in [1.82, 2.24) is 10.3 Å². The molecule has 0 bridgehead atoms. The molecule has 5 N–H and O–H groups in total. The number of hydrogen-bond donors (Lipinski definition) is 5. The highest BCUT2D eigenvalue weighted by Gasteiger charge is 2.52. The SMILES string of the molecule is CCNCC1CC2CC2N1c1cccnc1Br.O=C(O)C(O)C(O)C(=O)O. The van der Waals surface area contributed by atoms with Crippen LogP contribution in [0.15, 0.2) is 22.9 Å². The summed E-state index contributed by atoms with van der Waals surface area (Å²) in [4.78, 5) is 26.5. The minimum absolute atomic E-state index is 0.638. The molecule has 5 unspecified atom stereocenters. The van der Waals surface area contributed by atoms with Crippen molar-refractivity contribution in [2.45, 2.75) is 44.1 Å². The van der Waals surface area contributed by atoms with E-state index in [9.17, 15) is 9.59 Å². The standard InChI is InChI=1S/C13H18BrN3.C4H6O6/c1-2-15-8-10-6-9-7-12(9)17(10)11-4-3-5-16-13(11)14;5-1(3(7)8)2(6)4(9)10/h3-5,9-10,12,15H,2,6-8H2,1H3;1-2,5-6H,(H,7,8)(H,9,10). The Kier molecular flexibility index (Phi) is 7.54. The predicted octanol–water partition coefficient (Wildman–Crippen LogP) is 0.298. The number of anilines is 1. The van der Waals surface area contributed by atoms with Crippen molar-refractivity contribution in [1.29, 1.82) is 0 Å². The molecule has 1 aliphatic heterocycles. The lowest BCUT2D eigenvalue weighted by atomic mass is 10.1. The summed E-state index contributed by atoms with van der Waals surface area (Å²) in [5.41, 5.74) is 1.26. The second-order valence-corrected chi connectivity index (χ2v) is 7.30. The molecule has 9 nitrogen and oxygen atoms in total. The number of carboxylic acid groups (broad SMARTS) is 2. The molecule has 1 saturated heterocycles. The van der Waals surface area contributed by atoms with E-state index in [4.69, 9.17) is 20.4 Å². The molecule has 0 spiro atoms. The van der Waals surface area contributed by atoms with Gasteiger partial charge in [-0.1, -0.05) is 6.92 Å². The van der Waals surface area contributed by atoms with Gasteiger partial charge in [0.05, 0.1) is 5.69 Å². The Bertz CT molecular complexity index is 658. The summed E-state index contributed by atoms with van der Waals surface area (Å²) in [5, 5.41) is 36.0. The highest BCUT2D eigenvalue weighted by Crippen LogP contribution is 2.50. The molecule has 150 valence electrons. The number of nitrogens with zero attached hydrogens (tertiary/aromatic N) is 2. The molecule has 0 radical (unpaired) electrons. The van der Waals surface area contributed by atoms with Crippen LogP contribution in [0, 0.1) is 5.92 Å². The number of rotatable bonds is 7. The van der Waals surface area contributed by atoms with Crippen LogP contribution in [-0.4, -0.2) is 74.7 Å². The average molecular weight is 446 g/mol. The van der Waals surface area contributed by atoms with Gasteiger partial charge in [-0.2, -0.15) is 0 Å². The van der Waals surface area contributed by atoms with Crippen LogP contribution in [0.2, 0.25) is 0 Å². The zero-order chi connectivity index (χ0) is 20.1. The molecule has 0 amide bonds. The number of aromatic nitrogens is 1. The fourth-order valence-electron chi connectivity index (χ4n) is 3.27. The molecular weight excluding hydrogens is 422 g/mol. The second kappa shape index (κ2) is 9.45. The molecule has 2 fully saturated rings. The van der Waals surface area contributed by atoms with Crippen molar-refractivity contribution in [3.05, 3.63) is 22.9 Å². The molecule has 2 aliphatic rings. The first-order valence-corrected chi connectivity index (χ1v) is 9.48. The number of likely N-dealkylation sites (N-methyl/N-ethyl adjacent to an activating group) is 1. The second-order valence-electron chi connectivity index (χ2n) is 6.55. The Balaban J connectivity index is 0.000000227. The van der Waals surface area contributed by atoms with E-state index >= 15 is 0 Å². The number of carboxylic acids is 2. The number of aliphatic hydroxyl groups excluding tert-OH is 2. The third-order valence-electron chi connectivity index (χ3n) is 4.66. The average Bonchev–Trinajstić information content (AvgIpc) is 3.31. The van der Waals surface area contributed by atoms with Crippen molar-refractivity contribution in [2.75, 3.05) is 18.0 Å². The summed E-state index contributed by atoms with van der Waals surface area (Å²) in [7, 11) is 0. The summed E-state index contributed by atoms with van der Waals surface area (Å²) in [6.07, 6.45) is 0.00558. The van der Waals surface area contributed by atoms with Gasteiger partial charge >= 0.3 is 11.9 Å². The first-order valence-electron chi connectivity index (χ1n) is 8.69. The first kappa shape index (κ1) is 21.5. The van der Waals surface area contributed by atoms with Gasteiger partial charge in [-0.05, 0) is 53.4 Å². The van der Waals surface area contributed by atoms with E-state index in [-0.39, 0.29) is 0 Å². The zero-order valence-electron chi connectivity index (χ0n) is 14.8. The van der Waals surface area contributed by atoms with Crippen LogP contribution >= 0.6 is 15.9 Å². The van der Waals surface area contributed by atoms with Crippen LogP contribution in [0.1, 0.15) is 19.8 Å². The van der Waals surface area contributed by atoms with Gasteiger partial charge in [0.1, 0.15) is 4.60 Å². The lowest BCUT2D eigenvalue weighted by molar-refractivity contribution is -0.165. The van der Waals surface area contributed by atoms with Crippen LogP contribution in [0.4, 0.5) is 5.69 Å². The molecule has 1 saturated carbocycles. The van der Waals surface area contributed by atoms with E-state index in [1.807, 2.05) is 12.3 Å². The van der Waals surface area contributed by atoms with Crippen LogP contribution in [0.5, 0.6) is 0 Å². The van der Waals surface area contributed by atoms with E-state index in [2.05, 4.69) is 44.1 Å². The Hall–Kier alpha value is -1.75. The van der Waals surface area contributed by atoms with E-state index < -0.39 is 24.1 Å². The molecule has 27 heavy (non-hydrogen) atoms. The van der Waals surface area contributed by atoms with Gasteiger partial charge in [0.15, 0.2) is 12.2 Å². The molecular formula is C17H24BrN3O6. The summed E-state index contributed by atoms with van der Waals surface area (Å²) >= 11 is 3.57. The third-order valence-corrected chi connectivity index (χ3v) is 5.27. The topological polar surface area (TPSA) is 143 Å². The number of hydrogen-bond acceptors (Lipinski definition) is 7. The number of nitrogens with one attached hydrogen (secondary N) is 1. The number of piperidine rings is 1. The van der Waals surface area contributed by atoms with Crippen LogP contribution < -0.4 is 10.2 Å². The Morgan fingerprint density at radius 3 is 2.44 bits per heavy atom. The van der Waals surface area contributed by atoms with Crippen molar-refractivity contribution in [2.24, 2.45) is 5.92 Å². The van der Waals surface area contributed by atoms with E-state index in [0.717, 1.165) is 29.7 Å². The molecule has 3 rings (SSSR count). The fourth-order valence-corrected chi connectivity index (χ4v) is 3.72. The fraction of sp³-hybridized carbons (Fsp3) is 0.588. The van der Waals surface area contributed by atoms with Crippen LogP contribution in [-0.2, 0) is 9.59 Å². The number of fused-ring (bicyclic) bond motifs is 1. The normalized spacial score (nSPS) is 25.0. The summed E-state index contributed by atoms with van der Waals surface area (Å²) < 4.78 is 0.981. The highest BCUT2D eigenvalue weighted by molar-refractivity contribution is 9.10. The maximum atomic E-state index is 9.77. The van der Waals surface area contributed by atoms with Gasteiger partial charge in [0.25, 0.3) is 0 Å². The molecule has 2 heterocycles. The predicted molar refractivity (Wildman–Crippen MR) is 101 cm³/mol. The smallest absolute Gasteiger partial charge is 0.335 e. The van der Waals surface area contributed by atoms with Crippen molar-refractivity contribution < 1.29 is 30.0 Å². The van der Waals surface area contributed by atoms with Crippen molar-refractivity contribution in [3.8, 4) is 0 Å². The minimum atomic E-state index is -2.27. The monoisotopic (exact) mass is 445 g/mol. The molecule has 5 atom stereocenters. The van der Waals surface area contributed by atoms with Gasteiger partial charge in [-0.3, -0.25) is 0 Å². The minimum Gasteiger partial charge on any atom is -0.479 e. The van der Waals surface area contributed by atoms with E-state index in [1.54, 1.807) is 0 Å². The number of pyridine rings is 1. The lowest BCUT2D eigenvalue weighted by Gasteiger charge is -2.30. The maximum Gasteiger partial charge on any atom is 0.335 e. The molecule has 1 aliphatic carbocycles. The largest absolute Gasteiger partial charge is 0.479 e. The van der Waals surface area contributed by atoms with Crippen LogP contribution in [0.3, 0.4) is 0 Å². The number of halogens is 1. The highest BCUT2D eigenvalue weighted by atomic mass is 79.9. The van der Waals surface area contributed by atoms with Crippen molar-refractivity contribution >= 4 is 33.6 Å². The van der Waals surface area contributed by atoms with E-state index in [1.165, 1.54) is 18.5 Å². The third kappa shape index (κ3) is 5.38. The zero-order valence-corrected chi connectivity index (χ0v) is 16.4. The Morgan fingerprint density at radius 2 is 1.93 bits per heavy atom.